The van der Waals surface area contributed by atoms with E-state index in [-0.39, 0.29) is 5.91 Å². The summed E-state index contributed by atoms with van der Waals surface area (Å²) in [6.07, 6.45) is 1.66. The van der Waals surface area contributed by atoms with Crippen molar-refractivity contribution in [1.29, 1.82) is 0 Å². The zero-order chi connectivity index (χ0) is 15.0. The fourth-order valence-corrected chi connectivity index (χ4v) is 2.61. The fourth-order valence-electron chi connectivity index (χ4n) is 2.61. The Kier molecular flexibility index (Phi) is 3.01. The summed E-state index contributed by atoms with van der Waals surface area (Å²) < 4.78 is 0. The minimum Gasteiger partial charge on any atom is -0.369 e. The molecule has 2 amide bonds. The molecule has 0 atom stereocenters. The Hall–Kier alpha value is -2.62. The Morgan fingerprint density at radius 3 is 1.67 bits per heavy atom. The van der Waals surface area contributed by atoms with Crippen molar-refractivity contribution in [3.8, 4) is 11.1 Å². The van der Waals surface area contributed by atoms with Crippen molar-refractivity contribution in [2.45, 2.75) is 18.3 Å². The van der Waals surface area contributed by atoms with Crippen molar-refractivity contribution in [3.63, 3.8) is 0 Å². The maximum Gasteiger partial charge on any atom is 0.248 e. The summed E-state index contributed by atoms with van der Waals surface area (Å²) in [5.74, 6) is -0.685. The van der Waals surface area contributed by atoms with Crippen molar-refractivity contribution in [2.24, 2.45) is 11.5 Å². The van der Waals surface area contributed by atoms with E-state index in [1.165, 1.54) is 0 Å². The highest BCUT2D eigenvalue weighted by Gasteiger charge is 2.49. The first-order chi connectivity index (χ1) is 10.0. The Morgan fingerprint density at radius 2 is 1.29 bits per heavy atom. The molecule has 4 heteroatoms. The number of primary amides is 2. The van der Waals surface area contributed by atoms with Gasteiger partial charge in [0.25, 0.3) is 0 Å². The Balaban J connectivity index is 1.87. The normalized spacial score (nSPS) is 15.4. The monoisotopic (exact) mass is 280 g/mol. The van der Waals surface area contributed by atoms with Crippen LogP contribution in [0.4, 0.5) is 0 Å². The predicted molar refractivity (Wildman–Crippen MR) is 80.5 cm³/mol. The molecule has 1 aliphatic carbocycles. The van der Waals surface area contributed by atoms with Gasteiger partial charge in [-0.3, -0.25) is 9.59 Å². The van der Waals surface area contributed by atoms with Gasteiger partial charge in [0.1, 0.15) is 0 Å². The first-order valence-corrected chi connectivity index (χ1v) is 6.84. The van der Waals surface area contributed by atoms with E-state index in [2.05, 4.69) is 0 Å². The molecule has 2 aromatic carbocycles. The van der Waals surface area contributed by atoms with Crippen molar-refractivity contribution in [3.05, 3.63) is 59.7 Å². The average molecular weight is 280 g/mol. The zero-order valence-electron chi connectivity index (χ0n) is 11.5. The van der Waals surface area contributed by atoms with Crippen molar-refractivity contribution < 1.29 is 9.59 Å². The summed E-state index contributed by atoms with van der Waals surface area (Å²) in [6.45, 7) is 0. The van der Waals surface area contributed by atoms with Gasteiger partial charge in [-0.1, -0.05) is 36.4 Å². The molecule has 3 rings (SSSR count). The molecule has 0 bridgehead atoms. The van der Waals surface area contributed by atoms with E-state index in [0.29, 0.717) is 5.56 Å². The van der Waals surface area contributed by atoms with Gasteiger partial charge in [-0.25, -0.2) is 0 Å². The maximum atomic E-state index is 11.5. The van der Waals surface area contributed by atoms with Gasteiger partial charge in [0.05, 0.1) is 5.41 Å². The number of amides is 2. The van der Waals surface area contributed by atoms with Crippen LogP contribution in [-0.4, -0.2) is 11.8 Å². The second kappa shape index (κ2) is 4.74. The van der Waals surface area contributed by atoms with Crippen LogP contribution in [0.1, 0.15) is 28.8 Å². The van der Waals surface area contributed by atoms with Crippen LogP contribution in [0.15, 0.2) is 48.5 Å². The van der Waals surface area contributed by atoms with Gasteiger partial charge in [0.15, 0.2) is 0 Å². The third-order valence-corrected chi connectivity index (χ3v) is 4.16. The van der Waals surface area contributed by atoms with Gasteiger partial charge < -0.3 is 11.5 Å². The molecule has 2 aromatic rings. The van der Waals surface area contributed by atoms with Crippen LogP contribution < -0.4 is 11.5 Å². The predicted octanol–water partition coefficient (Wildman–Crippen LogP) is 1.97. The minimum atomic E-state index is -0.450. The van der Waals surface area contributed by atoms with Gasteiger partial charge in [-0.15, -0.1) is 0 Å². The van der Waals surface area contributed by atoms with Gasteiger partial charge in [-0.2, -0.15) is 0 Å². The Labute approximate surface area is 122 Å². The van der Waals surface area contributed by atoms with Crippen LogP contribution in [0.2, 0.25) is 0 Å². The fraction of sp³-hybridized carbons (Fsp3) is 0.176. The van der Waals surface area contributed by atoms with E-state index < -0.39 is 11.3 Å². The number of nitrogens with two attached hydrogens (primary N) is 2. The Bertz CT molecular complexity index is 699. The molecule has 0 aromatic heterocycles. The summed E-state index contributed by atoms with van der Waals surface area (Å²) in [5.41, 5.74) is 13.7. The number of hydrogen-bond donors (Lipinski definition) is 2. The molecule has 0 aliphatic heterocycles. The van der Waals surface area contributed by atoms with Gasteiger partial charge in [0.2, 0.25) is 11.8 Å². The lowest BCUT2D eigenvalue weighted by Gasteiger charge is -2.12. The maximum absolute atomic E-state index is 11.5. The summed E-state index contributed by atoms with van der Waals surface area (Å²) in [4.78, 5) is 22.6. The molecular weight excluding hydrogens is 264 g/mol. The number of hydrogen-bond acceptors (Lipinski definition) is 2. The molecule has 1 aliphatic rings. The summed E-state index contributed by atoms with van der Waals surface area (Å²) in [6, 6.07) is 15.0. The third kappa shape index (κ3) is 2.29. The highest BCUT2D eigenvalue weighted by Crippen LogP contribution is 2.48. The van der Waals surface area contributed by atoms with Crippen LogP contribution in [0.25, 0.3) is 11.1 Å². The first kappa shape index (κ1) is 13.4. The lowest BCUT2D eigenvalue weighted by molar-refractivity contribution is -0.120. The number of rotatable bonds is 4. The highest BCUT2D eigenvalue weighted by molar-refractivity contribution is 5.93. The van der Waals surface area contributed by atoms with Gasteiger partial charge in [-0.05, 0) is 41.7 Å². The molecular formula is C17H16N2O2. The second-order valence-corrected chi connectivity index (χ2v) is 5.47. The van der Waals surface area contributed by atoms with Crippen LogP contribution in [0, 0.1) is 0 Å². The van der Waals surface area contributed by atoms with Crippen molar-refractivity contribution in [1.82, 2.24) is 0 Å². The van der Waals surface area contributed by atoms with E-state index in [1.54, 1.807) is 12.1 Å². The first-order valence-electron chi connectivity index (χ1n) is 6.84. The molecule has 0 heterocycles. The van der Waals surface area contributed by atoms with Crippen molar-refractivity contribution >= 4 is 11.8 Å². The van der Waals surface area contributed by atoms with E-state index in [9.17, 15) is 9.59 Å². The molecule has 0 unspecified atom stereocenters. The molecule has 1 fully saturated rings. The lowest BCUT2D eigenvalue weighted by Crippen LogP contribution is -2.28. The van der Waals surface area contributed by atoms with E-state index in [0.717, 1.165) is 29.5 Å². The smallest absolute Gasteiger partial charge is 0.248 e. The topological polar surface area (TPSA) is 86.2 Å². The highest BCUT2D eigenvalue weighted by atomic mass is 16.1. The molecule has 106 valence electrons. The van der Waals surface area contributed by atoms with Crippen LogP contribution in [0.3, 0.4) is 0 Å². The molecule has 4 N–H and O–H groups in total. The standard InChI is InChI=1S/C17H16N2O2/c18-15(20)13-3-1-11(2-4-13)12-5-7-14(8-6-12)17(9-10-17)16(19)21/h1-8H,9-10H2,(H2,18,20)(H2,19,21). The summed E-state index contributed by atoms with van der Waals surface area (Å²) >= 11 is 0. The molecule has 0 saturated heterocycles. The van der Waals surface area contributed by atoms with Crippen LogP contribution >= 0.6 is 0 Å². The minimum absolute atomic E-state index is 0.249. The van der Waals surface area contributed by atoms with Gasteiger partial charge >= 0.3 is 0 Å². The Morgan fingerprint density at radius 1 is 0.810 bits per heavy atom. The van der Waals surface area contributed by atoms with Gasteiger partial charge in [0, 0.05) is 5.56 Å². The second-order valence-electron chi connectivity index (χ2n) is 5.47. The van der Waals surface area contributed by atoms with E-state index >= 15 is 0 Å². The number of carbonyl (C=O) groups is 2. The summed E-state index contributed by atoms with van der Waals surface area (Å²) in [5, 5.41) is 0. The molecule has 0 radical (unpaired) electrons. The quantitative estimate of drug-likeness (QED) is 0.897. The zero-order valence-corrected chi connectivity index (χ0v) is 11.5. The summed E-state index contributed by atoms with van der Waals surface area (Å²) in [7, 11) is 0. The van der Waals surface area contributed by atoms with Crippen molar-refractivity contribution in [2.75, 3.05) is 0 Å². The number of benzene rings is 2. The largest absolute Gasteiger partial charge is 0.369 e. The van der Waals surface area contributed by atoms with E-state index in [4.69, 9.17) is 11.5 Å². The van der Waals surface area contributed by atoms with Crippen LogP contribution in [-0.2, 0) is 10.2 Å². The number of carbonyl (C=O) groups excluding carboxylic acids is 2. The average Bonchev–Trinajstić information content (AvgIpc) is 3.29. The third-order valence-electron chi connectivity index (χ3n) is 4.16. The molecule has 21 heavy (non-hydrogen) atoms. The molecule has 0 spiro atoms. The lowest BCUT2D eigenvalue weighted by atomic mass is 9.93. The van der Waals surface area contributed by atoms with E-state index in [1.807, 2.05) is 36.4 Å². The SMILES string of the molecule is NC(=O)c1ccc(-c2ccc(C3(C(N)=O)CC3)cc2)cc1. The van der Waals surface area contributed by atoms with Crippen LogP contribution in [0.5, 0.6) is 0 Å². The molecule has 4 nitrogen and oxygen atoms in total. The molecule has 1 saturated carbocycles.